The number of thiocarbonyl (C=S) groups is 1. The van der Waals surface area contributed by atoms with Gasteiger partial charge in [0, 0.05) is 15.6 Å². The molecule has 1 amide bonds. The summed E-state index contributed by atoms with van der Waals surface area (Å²) in [6, 6.07) is 7.15. The van der Waals surface area contributed by atoms with Crippen molar-refractivity contribution in [2.75, 3.05) is 0 Å². The molecule has 0 unspecified atom stereocenters. The van der Waals surface area contributed by atoms with Crippen LogP contribution in [-0.4, -0.2) is 16.6 Å². The zero-order valence-corrected chi connectivity index (χ0v) is 12.4. The Morgan fingerprint density at radius 3 is 2.53 bits per heavy atom. The maximum absolute atomic E-state index is 11.8. The summed E-state index contributed by atoms with van der Waals surface area (Å²) >= 11 is 8.37. The molecule has 0 atom stereocenters. The summed E-state index contributed by atoms with van der Waals surface area (Å²) in [5.74, 6) is -0.215. The molecule has 0 heterocycles. The Labute approximate surface area is 115 Å². The Morgan fingerprint density at radius 1 is 1.35 bits per heavy atom. The molecular formula is C12H15BrN2OS. The number of benzene rings is 1. The molecule has 1 aromatic rings. The molecule has 17 heavy (non-hydrogen) atoms. The van der Waals surface area contributed by atoms with Gasteiger partial charge in [0.15, 0.2) is 5.11 Å². The van der Waals surface area contributed by atoms with Crippen LogP contribution in [0.4, 0.5) is 0 Å². The third-order valence-electron chi connectivity index (χ3n) is 1.80. The van der Waals surface area contributed by atoms with Crippen LogP contribution in [0.2, 0.25) is 0 Å². The van der Waals surface area contributed by atoms with E-state index in [0.717, 1.165) is 4.47 Å². The van der Waals surface area contributed by atoms with Gasteiger partial charge in [-0.25, -0.2) is 0 Å². The topological polar surface area (TPSA) is 41.1 Å². The number of carbonyl (C=O) groups is 1. The minimum Gasteiger partial charge on any atom is -0.358 e. The number of carbonyl (C=O) groups excluding carboxylic acids is 1. The highest BCUT2D eigenvalue weighted by atomic mass is 79.9. The molecule has 0 spiro atoms. The van der Waals surface area contributed by atoms with Gasteiger partial charge < -0.3 is 5.32 Å². The van der Waals surface area contributed by atoms with E-state index < -0.39 is 0 Å². The van der Waals surface area contributed by atoms with E-state index in [1.807, 2.05) is 26.8 Å². The van der Waals surface area contributed by atoms with Gasteiger partial charge in [-0.05, 0) is 51.2 Å². The minimum atomic E-state index is -0.215. The lowest BCUT2D eigenvalue weighted by Crippen LogP contribution is -2.48. The van der Waals surface area contributed by atoms with E-state index in [2.05, 4.69) is 26.6 Å². The molecule has 0 aliphatic heterocycles. The molecule has 0 bridgehead atoms. The largest absolute Gasteiger partial charge is 0.358 e. The molecule has 92 valence electrons. The highest BCUT2D eigenvalue weighted by Gasteiger charge is 2.13. The first kappa shape index (κ1) is 14.1. The second kappa shape index (κ2) is 5.60. The van der Waals surface area contributed by atoms with Crippen LogP contribution in [0, 0.1) is 0 Å². The molecule has 5 heteroatoms. The van der Waals surface area contributed by atoms with Crippen molar-refractivity contribution in [1.82, 2.24) is 10.6 Å². The van der Waals surface area contributed by atoms with Gasteiger partial charge >= 0.3 is 0 Å². The minimum absolute atomic E-state index is 0.165. The highest BCUT2D eigenvalue weighted by molar-refractivity contribution is 9.10. The summed E-state index contributed by atoms with van der Waals surface area (Å²) in [6.45, 7) is 5.93. The fourth-order valence-electron chi connectivity index (χ4n) is 1.18. The summed E-state index contributed by atoms with van der Waals surface area (Å²) < 4.78 is 0.861. The predicted molar refractivity (Wildman–Crippen MR) is 77.1 cm³/mol. The Hall–Kier alpha value is -0.940. The average Bonchev–Trinajstić information content (AvgIpc) is 2.14. The van der Waals surface area contributed by atoms with Gasteiger partial charge in [0.1, 0.15) is 0 Å². The van der Waals surface area contributed by atoms with E-state index in [0.29, 0.717) is 10.7 Å². The smallest absolute Gasteiger partial charge is 0.257 e. The fraction of sp³-hybridized carbons (Fsp3) is 0.333. The van der Waals surface area contributed by atoms with Crippen LogP contribution in [0.3, 0.4) is 0 Å². The molecule has 0 aliphatic carbocycles. The van der Waals surface area contributed by atoms with E-state index in [9.17, 15) is 4.79 Å². The van der Waals surface area contributed by atoms with E-state index in [-0.39, 0.29) is 11.4 Å². The molecule has 1 aromatic carbocycles. The van der Waals surface area contributed by atoms with Crippen LogP contribution in [0.15, 0.2) is 28.7 Å². The summed E-state index contributed by atoms with van der Waals surface area (Å²) in [6.07, 6.45) is 0. The van der Waals surface area contributed by atoms with Crippen LogP contribution >= 0.6 is 28.1 Å². The first-order valence-electron chi connectivity index (χ1n) is 5.17. The Kier molecular flexibility index (Phi) is 4.65. The van der Waals surface area contributed by atoms with Gasteiger partial charge in [0.05, 0.1) is 0 Å². The standard InChI is InChI=1S/C12H15BrN2OS/c1-12(2,3)15-11(17)14-10(16)8-5-4-6-9(13)7-8/h4-7H,1-3H3,(H2,14,15,16,17). The lowest BCUT2D eigenvalue weighted by Gasteiger charge is -2.22. The van der Waals surface area contributed by atoms with E-state index in [1.165, 1.54) is 0 Å². The fourth-order valence-corrected chi connectivity index (χ4v) is 1.97. The van der Waals surface area contributed by atoms with Gasteiger partial charge in [-0.2, -0.15) is 0 Å². The number of nitrogens with one attached hydrogen (secondary N) is 2. The summed E-state index contributed by atoms with van der Waals surface area (Å²) in [7, 11) is 0. The maximum Gasteiger partial charge on any atom is 0.257 e. The van der Waals surface area contributed by atoms with Crippen LogP contribution in [-0.2, 0) is 0 Å². The maximum atomic E-state index is 11.8. The van der Waals surface area contributed by atoms with Crippen molar-refractivity contribution >= 4 is 39.2 Å². The van der Waals surface area contributed by atoms with Gasteiger partial charge in [0.2, 0.25) is 0 Å². The first-order chi connectivity index (χ1) is 7.78. The van der Waals surface area contributed by atoms with Gasteiger partial charge in [0.25, 0.3) is 5.91 Å². The molecule has 1 rings (SSSR count). The molecule has 0 radical (unpaired) electrons. The van der Waals surface area contributed by atoms with Gasteiger partial charge in [-0.15, -0.1) is 0 Å². The lowest BCUT2D eigenvalue weighted by molar-refractivity contribution is 0.0976. The first-order valence-corrected chi connectivity index (χ1v) is 6.37. The zero-order valence-electron chi connectivity index (χ0n) is 10.0. The second-order valence-electron chi connectivity index (χ2n) is 4.67. The molecule has 0 saturated heterocycles. The van der Waals surface area contributed by atoms with Crippen molar-refractivity contribution in [3.63, 3.8) is 0 Å². The summed E-state index contributed by atoms with van der Waals surface area (Å²) in [5, 5.41) is 6.00. The Balaban J connectivity index is 2.64. The molecular weight excluding hydrogens is 300 g/mol. The van der Waals surface area contributed by atoms with Crippen LogP contribution < -0.4 is 10.6 Å². The van der Waals surface area contributed by atoms with Crippen LogP contribution in [0.5, 0.6) is 0 Å². The lowest BCUT2D eigenvalue weighted by atomic mass is 10.1. The third kappa shape index (κ3) is 5.28. The van der Waals surface area contributed by atoms with Gasteiger partial charge in [-0.1, -0.05) is 22.0 Å². The number of hydrogen-bond donors (Lipinski definition) is 2. The zero-order chi connectivity index (χ0) is 13.1. The van der Waals surface area contributed by atoms with Gasteiger partial charge in [-0.3, -0.25) is 10.1 Å². The molecule has 0 aliphatic rings. The SMILES string of the molecule is CC(C)(C)NC(=S)NC(=O)c1cccc(Br)c1. The van der Waals surface area contributed by atoms with Crippen molar-refractivity contribution in [1.29, 1.82) is 0 Å². The van der Waals surface area contributed by atoms with Crippen molar-refractivity contribution in [3.05, 3.63) is 34.3 Å². The van der Waals surface area contributed by atoms with Crippen molar-refractivity contribution < 1.29 is 4.79 Å². The number of rotatable bonds is 1. The highest BCUT2D eigenvalue weighted by Crippen LogP contribution is 2.11. The molecule has 0 fully saturated rings. The summed E-state index contributed by atoms with van der Waals surface area (Å²) in [4.78, 5) is 11.8. The van der Waals surface area contributed by atoms with Crippen molar-refractivity contribution in [2.45, 2.75) is 26.3 Å². The molecule has 0 saturated carbocycles. The normalized spacial score (nSPS) is 10.8. The monoisotopic (exact) mass is 314 g/mol. The third-order valence-corrected chi connectivity index (χ3v) is 2.50. The van der Waals surface area contributed by atoms with Crippen LogP contribution in [0.25, 0.3) is 0 Å². The predicted octanol–water partition coefficient (Wildman–Crippen LogP) is 2.85. The number of hydrogen-bond acceptors (Lipinski definition) is 2. The number of halogens is 1. The van der Waals surface area contributed by atoms with Crippen molar-refractivity contribution in [2.24, 2.45) is 0 Å². The molecule has 3 nitrogen and oxygen atoms in total. The van der Waals surface area contributed by atoms with Crippen molar-refractivity contribution in [3.8, 4) is 0 Å². The molecule has 0 aromatic heterocycles. The quantitative estimate of drug-likeness (QED) is 0.783. The number of amides is 1. The summed E-state index contributed by atoms with van der Waals surface area (Å²) in [5.41, 5.74) is 0.402. The Bertz CT molecular complexity index is 440. The Morgan fingerprint density at radius 2 is 2.00 bits per heavy atom. The average molecular weight is 315 g/mol. The second-order valence-corrected chi connectivity index (χ2v) is 5.99. The van der Waals surface area contributed by atoms with E-state index in [4.69, 9.17) is 12.2 Å². The van der Waals surface area contributed by atoms with E-state index in [1.54, 1.807) is 18.2 Å². The molecule has 2 N–H and O–H groups in total. The van der Waals surface area contributed by atoms with Crippen LogP contribution in [0.1, 0.15) is 31.1 Å². The van der Waals surface area contributed by atoms with E-state index >= 15 is 0 Å².